The number of carbonyl (C=O) groups is 2. The van der Waals surface area contributed by atoms with Crippen LogP contribution in [0.15, 0.2) is 24.3 Å². The van der Waals surface area contributed by atoms with Crippen LogP contribution in [-0.4, -0.2) is 29.0 Å². The van der Waals surface area contributed by atoms with E-state index in [-0.39, 0.29) is 12.3 Å². The van der Waals surface area contributed by atoms with Crippen LogP contribution in [0.2, 0.25) is 0 Å². The monoisotopic (exact) mass is 280 g/mol. The third-order valence-electron chi connectivity index (χ3n) is 2.94. The lowest BCUT2D eigenvalue weighted by Gasteiger charge is -2.07. The molecule has 1 saturated heterocycles. The van der Waals surface area contributed by atoms with Gasteiger partial charge in [-0.1, -0.05) is 12.1 Å². The van der Waals surface area contributed by atoms with E-state index < -0.39 is 28.5 Å². The number of amides is 1. The summed E-state index contributed by atoms with van der Waals surface area (Å²) in [6.07, 6.45) is -0.959. The zero-order valence-electron chi connectivity index (χ0n) is 10.6. The second kappa shape index (κ2) is 4.89. The Morgan fingerprint density at radius 1 is 1.55 bits per heavy atom. The van der Waals surface area contributed by atoms with E-state index in [1.807, 2.05) is 0 Å². The number of nitro groups is 1. The first-order valence-corrected chi connectivity index (χ1v) is 5.82. The number of hydrogen-bond donors (Lipinski definition) is 1. The van der Waals surface area contributed by atoms with E-state index in [9.17, 15) is 19.7 Å². The van der Waals surface area contributed by atoms with Crippen LogP contribution in [0, 0.1) is 10.1 Å². The van der Waals surface area contributed by atoms with Crippen LogP contribution in [0.1, 0.15) is 18.6 Å². The first-order chi connectivity index (χ1) is 9.43. The molecule has 2 atom stereocenters. The highest BCUT2D eigenvalue weighted by Gasteiger charge is 2.69. The Labute approximate surface area is 113 Å². The highest BCUT2D eigenvalue weighted by Crippen LogP contribution is 2.50. The molecule has 8 heteroatoms. The SMILES string of the molecule is CCOC(=O)C1(C(N)=O)OC1c1cccc([N+](=O)[O-])c1. The van der Waals surface area contributed by atoms with Crippen molar-refractivity contribution in [1.82, 2.24) is 0 Å². The van der Waals surface area contributed by atoms with Crippen molar-refractivity contribution in [2.45, 2.75) is 18.6 Å². The quantitative estimate of drug-likeness (QED) is 0.274. The molecule has 0 bridgehead atoms. The molecule has 1 fully saturated rings. The molecule has 0 aromatic heterocycles. The zero-order chi connectivity index (χ0) is 14.9. The van der Waals surface area contributed by atoms with Gasteiger partial charge in [-0.15, -0.1) is 0 Å². The van der Waals surface area contributed by atoms with Crippen LogP contribution in [0.5, 0.6) is 0 Å². The van der Waals surface area contributed by atoms with Gasteiger partial charge in [0, 0.05) is 12.1 Å². The summed E-state index contributed by atoms with van der Waals surface area (Å²) >= 11 is 0. The molecule has 2 rings (SSSR count). The van der Waals surface area contributed by atoms with Gasteiger partial charge in [0.15, 0.2) is 0 Å². The van der Waals surface area contributed by atoms with Crippen molar-refractivity contribution < 1.29 is 24.0 Å². The summed E-state index contributed by atoms with van der Waals surface area (Å²) in [6.45, 7) is 1.65. The van der Waals surface area contributed by atoms with E-state index in [2.05, 4.69) is 0 Å². The average Bonchev–Trinajstić information content (AvgIpc) is 3.16. The van der Waals surface area contributed by atoms with Gasteiger partial charge in [-0.05, 0) is 12.5 Å². The molecule has 0 saturated carbocycles. The molecule has 0 aliphatic carbocycles. The number of primary amides is 1. The van der Waals surface area contributed by atoms with Gasteiger partial charge in [-0.3, -0.25) is 14.9 Å². The van der Waals surface area contributed by atoms with Crippen molar-refractivity contribution in [1.29, 1.82) is 0 Å². The molecule has 20 heavy (non-hydrogen) atoms. The summed E-state index contributed by atoms with van der Waals surface area (Å²) in [5.74, 6) is -1.86. The maximum atomic E-state index is 11.8. The summed E-state index contributed by atoms with van der Waals surface area (Å²) in [5, 5.41) is 10.7. The molecule has 106 valence electrons. The summed E-state index contributed by atoms with van der Waals surface area (Å²) in [5.41, 5.74) is 3.47. The summed E-state index contributed by atoms with van der Waals surface area (Å²) in [7, 11) is 0. The second-order valence-electron chi connectivity index (χ2n) is 4.17. The largest absolute Gasteiger partial charge is 0.463 e. The maximum Gasteiger partial charge on any atom is 0.351 e. The lowest BCUT2D eigenvalue weighted by Crippen LogP contribution is -2.41. The molecular formula is C12H12N2O6. The van der Waals surface area contributed by atoms with E-state index in [0.29, 0.717) is 5.56 Å². The molecule has 1 aliphatic rings. The summed E-state index contributed by atoms with van der Waals surface area (Å²) in [6, 6.07) is 5.48. The number of nitrogens with zero attached hydrogens (tertiary/aromatic N) is 1. The van der Waals surface area contributed by atoms with Gasteiger partial charge in [0.2, 0.25) is 0 Å². The lowest BCUT2D eigenvalue weighted by molar-refractivity contribution is -0.384. The standard InChI is InChI=1S/C12H12N2O6/c1-2-19-11(16)12(10(13)15)9(20-12)7-4-3-5-8(6-7)14(17)18/h3-6,9H,2H2,1H3,(H2,13,15). The molecule has 0 spiro atoms. The van der Waals surface area contributed by atoms with Crippen molar-refractivity contribution in [2.75, 3.05) is 6.61 Å². The van der Waals surface area contributed by atoms with Crippen LogP contribution in [0.4, 0.5) is 5.69 Å². The molecule has 8 nitrogen and oxygen atoms in total. The van der Waals surface area contributed by atoms with E-state index in [1.54, 1.807) is 6.92 Å². The van der Waals surface area contributed by atoms with Crippen LogP contribution in [-0.2, 0) is 19.1 Å². The minimum absolute atomic E-state index is 0.0683. The van der Waals surface area contributed by atoms with E-state index in [4.69, 9.17) is 15.2 Å². The molecule has 1 aliphatic heterocycles. The number of benzene rings is 1. The fourth-order valence-corrected chi connectivity index (χ4v) is 1.94. The molecule has 2 unspecified atom stereocenters. The van der Waals surface area contributed by atoms with Gasteiger partial charge in [-0.2, -0.15) is 0 Å². The van der Waals surface area contributed by atoms with Crippen molar-refractivity contribution in [2.24, 2.45) is 5.73 Å². The average molecular weight is 280 g/mol. The minimum atomic E-state index is -1.88. The Morgan fingerprint density at radius 2 is 2.25 bits per heavy atom. The minimum Gasteiger partial charge on any atom is -0.463 e. The Hall–Kier alpha value is -2.48. The second-order valence-corrected chi connectivity index (χ2v) is 4.17. The van der Waals surface area contributed by atoms with Crippen LogP contribution in [0.25, 0.3) is 0 Å². The van der Waals surface area contributed by atoms with E-state index >= 15 is 0 Å². The number of non-ortho nitro benzene ring substituents is 1. The Morgan fingerprint density at radius 3 is 2.80 bits per heavy atom. The molecule has 2 N–H and O–H groups in total. The summed E-state index contributed by atoms with van der Waals surface area (Å²) < 4.78 is 9.89. The Bertz CT molecular complexity index is 587. The first kappa shape index (κ1) is 13.9. The molecule has 1 aromatic rings. The predicted molar refractivity (Wildman–Crippen MR) is 65.5 cm³/mol. The van der Waals surface area contributed by atoms with E-state index in [0.717, 1.165) is 0 Å². The number of ether oxygens (including phenoxy) is 2. The van der Waals surface area contributed by atoms with Crippen LogP contribution < -0.4 is 5.73 Å². The molecule has 0 radical (unpaired) electrons. The number of rotatable bonds is 5. The van der Waals surface area contributed by atoms with E-state index in [1.165, 1.54) is 24.3 Å². The van der Waals surface area contributed by atoms with Crippen molar-refractivity contribution in [3.05, 3.63) is 39.9 Å². The predicted octanol–water partition coefficient (Wildman–Crippen LogP) is 0.453. The highest BCUT2D eigenvalue weighted by atomic mass is 16.7. The number of epoxide rings is 1. The fourth-order valence-electron chi connectivity index (χ4n) is 1.94. The van der Waals surface area contributed by atoms with Crippen molar-refractivity contribution >= 4 is 17.6 Å². The highest BCUT2D eigenvalue weighted by molar-refractivity contribution is 6.09. The number of carbonyl (C=O) groups excluding carboxylic acids is 2. The maximum absolute atomic E-state index is 11.8. The number of nitrogens with two attached hydrogens (primary N) is 1. The van der Waals surface area contributed by atoms with Gasteiger partial charge in [0.05, 0.1) is 11.5 Å². The van der Waals surface area contributed by atoms with Crippen LogP contribution >= 0.6 is 0 Å². The smallest absolute Gasteiger partial charge is 0.351 e. The van der Waals surface area contributed by atoms with Crippen molar-refractivity contribution in [3.63, 3.8) is 0 Å². The zero-order valence-corrected chi connectivity index (χ0v) is 10.6. The number of nitro benzene ring substituents is 1. The van der Waals surface area contributed by atoms with Gasteiger partial charge >= 0.3 is 5.97 Å². The number of esters is 1. The number of hydrogen-bond acceptors (Lipinski definition) is 6. The first-order valence-electron chi connectivity index (χ1n) is 5.82. The molecular weight excluding hydrogens is 268 g/mol. The third-order valence-corrected chi connectivity index (χ3v) is 2.94. The van der Waals surface area contributed by atoms with Crippen LogP contribution in [0.3, 0.4) is 0 Å². The molecule has 1 aromatic carbocycles. The normalized spacial score (nSPS) is 23.9. The molecule has 1 amide bonds. The van der Waals surface area contributed by atoms with Gasteiger partial charge in [0.25, 0.3) is 17.2 Å². The van der Waals surface area contributed by atoms with Gasteiger partial charge in [-0.25, -0.2) is 4.79 Å². The lowest BCUT2D eigenvalue weighted by atomic mass is 9.98. The summed E-state index contributed by atoms with van der Waals surface area (Å²) in [4.78, 5) is 33.4. The van der Waals surface area contributed by atoms with Gasteiger partial charge in [0.1, 0.15) is 6.10 Å². The van der Waals surface area contributed by atoms with Crippen molar-refractivity contribution in [3.8, 4) is 0 Å². The Balaban J connectivity index is 2.31. The topological polar surface area (TPSA) is 125 Å². The Kier molecular flexibility index (Phi) is 3.41. The fraction of sp³-hybridized carbons (Fsp3) is 0.333. The molecule has 1 heterocycles. The van der Waals surface area contributed by atoms with Gasteiger partial charge < -0.3 is 15.2 Å². The third kappa shape index (κ3) is 2.10.